The topological polar surface area (TPSA) is 63.6 Å². The molecule has 0 aromatic heterocycles. The lowest BCUT2D eigenvalue weighted by Gasteiger charge is -2.02. The number of hydrogen-bond donors (Lipinski definition) is 3. The molecule has 1 unspecified atom stereocenters. The summed E-state index contributed by atoms with van der Waals surface area (Å²) in [5.41, 5.74) is 0. The maximum atomic E-state index is 10.4. The highest BCUT2D eigenvalue weighted by atomic mass is 32.1. The molecule has 0 saturated heterocycles. The van der Waals surface area contributed by atoms with Gasteiger partial charge in [0.2, 0.25) is 0 Å². The average Bonchev–Trinajstić information content (AvgIpc) is 2.20. The van der Waals surface area contributed by atoms with Gasteiger partial charge in [-0.25, -0.2) is 0 Å². The van der Waals surface area contributed by atoms with Crippen LogP contribution >= 0.6 is 25.3 Å². The van der Waals surface area contributed by atoms with Crippen molar-refractivity contribution >= 4 is 37.2 Å². The van der Waals surface area contributed by atoms with Gasteiger partial charge in [-0.3, -0.25) is 9.59 Å². The molecule has 0 aromatic rings. The van der Waals surface area contributed by atoms with Crippen LogP contribution in [0.3, 0.4) is 0 Å². The number of carbonyl (C=O) groups excluding carboxylic acids is 1. The van der Waals surface area contributed by atoms with Crippen molar-refractivity contribution in [2.24, 2.45) is 5.92 Å². The smallest absolute Gasteiger partial charge is 0.307 e. The van der Waals surface area contributed by atoms with Crippen LogP contribution in [0.2, 0.25) is 0 Å². The minimum atomic E-state index is -0.748. The molecule has 1 atom stereocenters. The van der Waals surface area contributed by atoms with E-state index in [2.05, 4.69) is 30.0 Å². The molecule has 16 heavy (non-hydrogen) atoms. The Morgan fingerprint density at radius 2 is 1.88 bits per heavy atom. The van der Waals surface area contributed by atoms with E-state index in [4.69, 9.17) is 5.11 Å². The molecular weight excluding hydrogens is 248 g/mol. The van der Waals surface area contributed by atoms with Gasteiger partial charge in [0, 0.05) is 11.5 Å². The minimum Gasteiger partial charge on any atom is -0.481 e. The van der Waals surface area contributed by atoms with Gasteiger partial charge < -0.3 is 9.84 Å². The second kappa shape index (κ2) is 12.7. The fraction of sp³-hybridized carbons (Fsp3) is 0.800. The van der Waals surface area contributed by atoms with E-state index in [9.17, 15) is 9.59 Å². The van der Waals surface area contributed by atoms with Gasteiger partial charge in [-0.2, -0.15) is 25.3 Å². The zero-order valence-electron chi connectivity index (χ0n) is 9.68. The van der Waals surface area contributed by atoms with E-state index < -0.39 is 5.97 Å². The highest BCUT2D eigenvalue weighted by Gasteiger charge is 2.10. The number of aliphatic carboxylic acids is 1. The van der Waals surface area contributed by atoms with Crippen molar-refractivity contribution in [3.05, 3.63) is 0 Å². The number of carbonyl (C=O) groups is 2. The van der Waals surface area contributed by atoms with Gasteiger partial charge in [-0.15, -0.1) is 0 Å². The van der Waals surface area contributed by atoms with Crippen molar-refractivity contribution in [1.29, 1.82) is 0 Å². The first-order valence-corrected chi connectivity index (χ1v) is 6.39. The molecule has 0 aliphatic heterocycles. The molecule has 0 radical (unpaired) electrons. The van der Waals surface area contributed by atoms with Crippen LogP contribution in [0.25, 0.3) is 0 Å². The zero-order valence-corrected chi connectivity index (χ0v) is 11.5. The first-order chi connectivity index (χ1) is 7.53. The number of rotatable bonds is 6. The van der Waals surface area contributed by atoms with Gasteiger partial charge in [0.25, 0.3) is 0 Å². The lowest BCUT2D eigenvalue weighted by atomic mass is 10.1. The first kappa shape index (κ1) is 18.0. The highest BCUT2D eigenvalue weighted by molar-refractivity contribution is 7.80. The number of thiol groups is 2. The highest BCUT2D eigenvalue weighted by Crippen LogP contribution is 2.03. The van der Waals surface area contributed by atoms with Crippen LogP contribution in [0.1, 0.15) is 26.7 Å². The van der Waals surface area contributed by atoms with Crippen LogP contribution in [0, 0.1) is 5.92 Å². The predicted molar refractivity (Wildman–Crippen MR) is 70.4 cm³/mol. The number of ether oxygens (including phenoxy) is 1. The Bertz CT molecular complexity index is 183. The summed E-state index contributed by atoms with van der Waals surface area (Å²) >= 11 is 7.71. The van der Waals surface area contributed by atoms with E-state index in [1.165, 1.54) is 0 Å². The van der Waals surface area contributed by atoms with Crippen LogP contribution < -0.4 is 0 Å². The molecule has 6 heteroatoms. The quantitative estimate of drug-likeness (QED) is 0.508. The van der Waals surface area contributed by atoms with Gasteiger partial charge in [0.15, 0.2) is 0 Å². The van der Waals surface area contributed by atoms with Gasteiger partial charge >= 0.3 is 11.9 Å². The van der Waals surface area contributed by atoms with Gasteiger partial charge in [0.1, 0.15) is 0 Å². The largest absolute Gasteiger partial charge is 0.481 e. The second-order valence-electron chi connectivity index (χ2n) is 2.90. The molecule has 0 amide bonds. The molecule has 0 rings (SSSR count). The summed E-state index contributed by atoms with van der Waals surface area (Å²) in [4.78, 5) is 20.5. The van der Waals surface area contributed by atoms with Crippen molar-refractivity contribution in [3.63, 3.8) is 0 Å². The third kappa shape index (κ3) is 11.7. The molecule has 0 aromatic carbocycles. The maximum absolute atomic E-state index is 10.4. The van der Waals surface area contributed by atoms with Crippen LogP contribution in [0.5, 0.6) is 0 Å². The SMILES string of the molecule is CCC(CS)C(=O)O.CCOC(=O)CCS. The molecule has 96 valence electrons. The number of esters is 1. The van der Waals surface area contributed by atoms with E-state index in [1.807, 2.05) is 6.92 Å². The summed E-state index contributed by atoms with van der Waals surface area (Å²) < 4.78 is 4.59. The molecule has 0 saturated carbocycles. The summed E-state index contributed by atoms with van der Waals surface area (Å²) in [6.07, 6.45) is 1.08. The average molecular weight is 268 g/mol. The Morgan fingerprint density at radius 1 is 1.31 bits per heavy atom. The Balaban J connectivity index is 0. The predicted octanol–water partition coefficient (Wildman–Crippen LogP) is 1.90. The molecule has 0 aliphatic rings. The summed E-state index contributed by atoms with van der Waals surface area (Å²) in [6, 6.07) is 0. The normalized spacial score (nSPS) is 11.0. The van der Waals surface area contributed by atoms with E-state index in [0.29, 0.717) is 31.0 Å². The molecule has 4 nitrogen and oxygen atoms in total. The third-order valence-electron chi connectivity index (χ3n) is 1.68. The second-order valence-corrected chi connectivity index (χ2v) is 3.72. The fourth-order valence-corrected chi connectivity index (χ4v) is 1.30. The number of carboxylic acids is 1. The van der Waals surface area contributed by atoms with Gasteiger partial charge in [-0.05, 0) is 13.3 Å². The molecule has 0 aliphatic carbocycles. The number of carboxylic acid groups (broad SMARTS) is 1. The van der Waals surface area contributed by atoms with Crippen LogP contribution in [-0.4, -0.2) is 35.2 Å². The molecule has 0 heterocycles. The minimum absolute atomic E-state index is 0.164. The Labute approximate surface area is 108 Å². The van der Waals surface area contributed by atoms with E-state index >= 15 is 0 Å². The monoisotopic (exact) mass is 268 g/mol. The molecule has 0 fully saturated rings. The molecular formula is C10H20O4S2. The lowest BCUT2D eigenvalue weighted by Crippen LogP contribution is -2.13. The Morgan fingerprint density at radius 3 is 2.06 bits per heavy atom. The lowest BCUT2D eigenvalue weighted by molar-refractivity contribution is -0.143. The maximum Gasteiger partial charge on any atom is 0.307 e. The zero-order chi connectivity index (χ0) is 13.0. The van der Waals surface area contributed by atoms with Crippen molar-refractivity contribution in [2.45, 2.75) is 26.7 Å². The van der Waals surface area contributed by atoms with Crippen molar-refractivity contribution in [3.8, 4) is 0 Å². The van der Waals surface area contributed by atoms with Crippen LogP contribution in [-0.2, 0) is 14.3 Å². The van der Waals surface area contributed by atoms with Gasteiger partial charge in [0.05, 0.1) is 18.9 Å². The van der Waals surface area contributed by atoms with Crippen molar-refractivity contribution in [2.75, 3.05) is 18.1 Å². The summed E-state index contributed by atoms with van der Waals surface area (Å²) in [7, 11) is 0. The van der Waals surface area contributed by atoms with E-state index in [0.717, 1.165) is 0 Å². The summed E-state index contributed by atoms with van der Waals surface area (Å²) in [5.74, 6) is -0.173. The molecule has 0 bridgehead atoms. The summed E-state index contributed by atoms with van der Waals surface area (Å²) in [6.45, 7) is 4.10. The molecule has 1 N–H and O–H groups in total. The van der Waals surface area contributed by atoms with Crippen molar-refractivity contribution < 1.29 is 19.4 Å². The molecule has 0 spiro atoms. The Kier molecular flexibility index (Phi) is 14.3. The first-order valence-electron chi connectivity index (χ1n) is 5.13. The standard InChI is InChI=1S/2C5H10O2S/c1-2-7-5(6)3-4-8;1-2-4(3-8)5(6)7/h8H,2-4H2,1H3;4,8H,2-3H2,1H3,(H,6,7). The summed E-state index contributed by atoms with van der Waals surface area (Å²) in [5, 5.41) is 8.32. The number of hydrogen-bond acceptors (Lipinski definition) is 5. The van der Waals surface area contributed by atoms with Gasteiger partial charge in [-0.1, -0.05) is 6.92 Å². The van der Waals surface area contributed by atoms with Crippen LogP contribution in [0.4, 0.5) is 0 Å². The third-order valence-corrected chi connectivity index (χ3v) is 2.35. The van der Waals surface area contributed by atoms with E-state index in [1.54, 1.807) is 6.92 Å². The van der Waals surface area contributed by atoms with E-state index in [-0.39, 0.29) is 11.9 Å². The fourth-order valence-electron chi connectivity index (χ4n) is 0.706. The van der Waals surface area contributed by atoms with Crippen molar-refractivity contribution in [1.82, 2.24) is 0 Å². The Hall–Kier alpha value is -0.360. The van der Waals surface area contributed by atoms with Crippen LogP contribution in [0.15, 0.2) is 0 Å².